The average molecular weight is 285 g/mol. The topological polar surface area (TPSA) is 75.6 Å². The molecule has 0 saturated heterocycles. The van der Waals surface area contributed by atoms with E-state index >= 15 is 0 Å². The number of hydrogen-bond donors (Lipinski definition) is 2. The van der Waals surface area contributed by atoms with E-state index in [1.54, 1.807) is 7.11 Å². The van der Waals surface area contributed by atoms with Gasteiger partial charge in [0.15, 0.2) is 0 Å². The average Bonchev–Trinajstić information content (AvgIpc) is 2.84. The third kappa shape index (κ3) is 4.78. The van der Waals surface area contributed by atoms with Crippen LogP contribution in [0.25, 0.3) is 0 Å². The van der Waals surface area contributed by atoms with Gasteiger partial charge in [-0.25, -0.2) is 0 Å². The van der Waals surface area contributed by atoms with E-state index in [4.69, 9.17) is 4.74 Å². The molecule has 1 aliphatic carbocycles. The normalized spacial score (nSPS) is 17.9. The zero-order valence-corrected chi connectivity index (χ0v) is 12.8. The summed E-state index contributed by atoms with van der Waals surface area (Å²) in [7, 11) is 1.66. The van der Waals surface area contributed by atoms with Gasteiger partial charge in [0.05, 0.1) is 5.41 Å². The molecule has 0 radical (unpaired) electrons. The molecule has 0 aromatic rings. The minimum atomic E-state index is -0.833. The largest absolute Gasteiger partial charge is 0.481 e. The molecule has 20 heavy (non-hydrogen) atoms. The van der Waals surface area contributed by atoms with E-state index in [9.17, 15) is 14.7 Å². The monoisotopic (exact) mass is 285 g/mol. The van der Waals surface area contributed by atoms with Crippen LogP contribution in [-0.4, -0.2) is 37.2 Å². The number of carboxylic acid groups (broad SMARTS) is 1. The molecule has 0 unspecified atom stereocenters. The number of carbonyl (C=O) groups excluding carboxylic acids is 1. The number of methoxy groups -OCH3 is 1. The van der Waals surface area contributed by atoms with Gasteiger partial charge in [-0.2, -0.15) is 0 Å². The van der Waals surface area contributed by atoms with E-state index in [0.29, 0.717) is 26.0 Å². The molecular formula is C15H27NO4. The molecule has 1 aliphatic rings. The second kappa shape index (κ2) is 7.07. The highest BCUT2D eigenvalue weighted by molar-refractivity contribution is 5.85. The van der Waals surface area contributed by atoms with Gasteiger partial charge in [-0.05, 0) is 24.7 Å². The molecule has 0 aromatic carbocycles. The summed E-state index contributed by atoms with van der Waals surface area (Å²) in [6, 6.07) is 0. The van der Waals surface area contributed by atoms with Crippen molar-refractivity contribution in [2.24, 2.45) is 10.8 Å². The summed E-state index contributed by atoms with van der Waals surface area (Å²) in [5.74, 6) is -0.983. The minimum absolute atomic E-state index is 0.0439. The van der Waals surface area contributed by atoms with Crippen LogP contribution >= 0.6 is 0 Å². The molecular weight excluding hydrogens is 258 g/mol. The van der Waals surface area contributed by atoms with Crippen molar-refractivity contribution in [3.8, 4) is 0 Å². The molecule has 0 heterocycles. The molecule has 0 spiro atoms. The number of amides is 1. The quantitative estimate of drug-likeness (QED) is 0.717. The first-order valence-corrected chi connectivity index (χ1v) is 7.30. The second-order valence-corrected chi connectivity index (χ2v) is 6.65. The predicted molar refractivity (Wildman–Crippen MR) is 76.4 cm³/mol. The predicted octanol–water partition coefficient (Wildman–Crippen LogP) is 2.20. The molecule has 0 bridgehead atoms. The number of carboxylic acids is 1. The van der Waals surface area contributed by atoms with Gasteiger partial charge in [-0.3, -0.25) is 9.59 Å². The fraction of sp³-hybridized carbons (Fsp3) is 0.867. The van der Waals surface area contributed by atoms with Gasteiger partial charge < -0.3 is 15.2 Å². The lowest BCUT2D eigenvalue weighted by molar-refractivity contribution is -0.151. The van der Waals surface area contributed by atoms with Gasteiger partial charge in [0.1, 0.15) is 0 Å². The molecule has 0 aliphatic heterocycles. The van der Waals surface area contributed by atoms with E-state index in [0.717, 1.165) is 19.3 Å². The van der Waals surface area contributed by atoms with Crippen LogP contribution in [0, 0.1) is 10.8 Å². The maximum absolute atomic E-state index is 12.0. The third-order valence-corrected chi connectivity index (χ3v) is 4.26. The Labute approximate surface area is 121 Å². The first-order valence-electron chi connectivity index (χ1n) is 7.30. The van der Waals surface area contributed by atoms with Crippen molar-refractivity contribution in [1.82, 2.24) is 5.32 Å². The van der Waals surface area contributed by atoms with Gasteiger partial charge in [0, 0.05) is 26.7 Å². The van der Waals surface area contributed by atoms with E-state index in [1.165, 1.54) is 0 Å². The first kappa shape index (κ1) is 17.0. The Kier molecular flexibility index (Phi) is 5.99. The Balaban J connectivity index is 2.45. The molecule has 5 nitrogen and oxygen atoms in total. The Morgan fingerprint density at radius 2 is 1.90 bits per heavy atom. The van der Waals surface area contributed by atoms with Gasteiger partial charge >= 0.3 is 5.97 Å². The van der Waals surface area contributed by atoms with Crippen LogP contribution in [0.2, 0.25) is 0 Å². The van der Waals surface area contributed by atoms with Crippen molar-refractivity contribution in [1.29, 1.82) is 0 Å². The first-order chi connectivity index (χ1) is 9.31. The molecule has 116 valence electrons. The molecule has 1 fully saturated rings. The summed E-state index contributed by atoms with van der Waals surface area (Å²) in [6.07, 6.45) is 3.99. The van der Waals surface area contributed by atoms with Gasteiger partial charge in [0.25, 0.3) is 0 Å². The van der Waals surface area contributed by atoms with Gasteiger partial charge in [-0.1, -0.05) is 26.7 Å². The van der Waals surface area contributed by atoms with Crippen molar-refractivity contribution < 1.29 is 19.4 Å². The second-order valence-electron chi connectivity index (χ2n) is 6.65. The highest BCUT2D eigenvalue weighted by Gasteiger charge is 2.43. The highest BCUT2D eigenvalue weighted by Crippen LogP contribution is 2.41. The smallest absolute Gasteiger partial charge is 0.310 e. The Morgan fingerprint density at radius 1 is 1.30 bits per heavy atom. The molecule has 1 saturated carbocycles. The number of carbonyl (C=O) groups is 2. The zero-order valence-electron chi connectivity index (χ0n) is 12.8. The van der Waals surface area contributed by atoms with E-state index < -0.39 is 11.4 Å². The fourth-order valence-corrected chi connectivity index (χ4v) is 2.69. The third-order valence-electron chi connectivity index (χ3n) is 4.26. The number of hydrogen-bond acceptors (Lipinski definition) is 3. The lowest BCUT2D eigenvalue weighted by Gasteiger charge is -2.27. The summed E-state index contributed by atoms with van der Waals surface area (Å²) in [4.78, 5) is 23.4. The molecule has 0 atom stereocenters. The standard InChI is InChI=1S/C15H27NO4/c1-14(2,8-9-20-3)11-16-12(17)10-15(13(18)19)6-4-5-7-15/h4-11H2,1-3H3,(H,16,17)(H,18,19). The summed E-state index contributed by atoms with van der Waals surface area (Å²) in [5.41, 5.74) is -0.876. The van der Waals surface area contributed by atoms with Gasteiger partial charge in [-0.15, -0.1) is 0 Å². The Bertz CT molecular complexity index is 346. The van der Waals surface area contributed by atoms with E-state index in [1.807, 2.05) is 0 Å². The highest BCUT2D eigenvalue weighted by atomic mass is 16.5. The lowest BCUT2D eigenvalue weighted by Crippen LogP contribution is -2.39. The van der Waals surface area contributed by atoms with Crippen LogP contribution in [0.1, 0.15) is 52.4 Å². The summed E-state index contributed by atoms with van der Waals surface area (Å²) in [6.45, 7) is 5.33. The van der Waals surface area contributed by atoms with E-state index in [2.05, 4.69) is 19.2 Å². The van der Waals surface area contributed by atoms with Crippen LogP contribution in [0.5, 0.6) is 0 Å². The summed E-state index contributed by atoms with van der Waals surface area (Å²) >= 11 is 0. The van der Waals surface area contributed by atoms with Crippen LogP contribution in [0.3, 0.4) is 0 Å². The van der Waals surface area contributed by atoms with Crippen molar-refractivity contribution in [2.75, 3.05) is 20.3 Å². The number of rotatable bonds is 8. The minimum Gasteiger partial charge on any atom is -0.481 e. The van der Waals surface area contributed by atoms with Crippen molar-refractivity contribution in [3.63, 3.8) is 0 Å². The van der Waals surface area contributed by atoms with Crippen LogP contribution in [-0.2, 0) is 14.3 Å². The van der Waals surface area contributed by atoms with Crippen LogP contribution in [0.15, 0.2) is 0 Å². The van der Waals surface area contributed by atoms with Crippen LogP contribution < -0.4 is 5.32 Å². The van der Waals surface area contributed by atoms with Crippen LogP contribution in [0.4, 0.5) is 0 Å². The maximum Gasteiger partial charge on any atom is 0.310 e. The van der Waals surface area contributed by atoms with E-state index in [-0.39, 0.29) is 17.7 Å². The lowest BCUT2D eigenvalue weighted by atomic mass is 9.82. The fourth-order valence-electron chi connectivity index (χ4n) is 2.69. The summed E-state index contributed by atoms with van der Waals surface area (Å²) in [5, 5.41) is 12.2. The molecule has 0 aromatic heterocycles. The molecule has 1 amide bonds. The van der Waals surface area contributed by atoms with Crippen molar-refractivity contribution in [2.45, 2.75) is 52.4 Å². The number of nitrogens with one attached hydrogen (secondary N) is 1. The Hall–Kier alpha value is -1.10. The Morgan fingerprint density at radius 3 is 2.40 bits per heavy atom. The van der Waals surface area contributed by atoms with Crippen molar-refractivity contribution >= 4 is 11.9 Å². The molecule has 2 N–H and O–H groups in total. The van der Waals surface area contributed by atoms with Gasteiger partial charge in [0.2, 0.25) is 5.91 Å². The zero-order chi connectivity index (χ0) is 15.2. The maximum atomic E-state index is 12.0. The molecule has 1 rings (SSSR count). The summed E-state index contributed by atoms with van der Waals surface area (Å²) < 4.78 is 5.05. The van der Waals surface area contributed by atoms with Crippen molar-refractivity contribution in [3.05, 3.63) is 0 Å². The number of ether oxygens (including phenoxy) is 1. The SMILES string of the molecule is COCCC(C)(C)CNC(=O)CC1(C(=O)O)CCCC1. The molecule has 5 heteroatoms. The number of aliphatic carboxylic acids is 1.